The monoisotopic (exact) mass is 290 g/mol. The molecule has 2 atom stereocenters. The number of anilines is 1. The molecule has 118 valence electrons. The van der Waals surface area contributed by atoms with E-state index in [1.54, 1.807) is 0 Å². The number of rotatable bonds is 8. The summed E-state index contributed by atoms with van der Waals surface area (Å²) in [5.74, 6) is 0.749. The first-order chi connectivity index (χ1) is 9.88. The van der Waals surface area contributed by atoms with Crippen molar-refractivity contribution in [3.8, 4) is 0 Å². The topological polar surface area (TPSA) is 41.1 Å². The van der Waals surface area contributed by atoms with Gasteiger partial charge in [0.25, 0.3) is 0 Å². The number of hydrogen-bond acceptors (Lipinski definition) is 2. The summed E-state index contributed by atoms with van der Waals surface area (Å²) in [6, 6.07) is 8.84. The molecule has 0 aliphatic carbocycles. The fraction of sp³-hybridized carbons (Fsp3) is 0.611. The first kappa shape index (κ1) is 17.7. The van der Waals surface area contributed by atoms with Gasteiger partial charge in [-0.15, -0.1) is 0 Å². The maximum atomic E-state index is 11.1. The Labute approximate surface area is 129 Å². The van der Waals surface area contributed by atoms with Gasteiger partial charge in [0.15, 0.2) is 0 Å². The summed E-state index contributed by atoms with van der Waals surface area (Å²) in [4.78, 5) is 11.1. The average molecular weight is 290 g/mol. The van der Waals surface area contributed by atoms with Crippen LogP contribution in [0.3, 0.4) is 0 Å². The van der Waals surface area contributed by atoms with Crippen LogP contribution in [0.4, 0.5) is 5.69 Å². The quantitative estimate of drug-likeness (QED) is 0.739. The van der Waals surface area contributed by atoms with E-state index in [0.29, 0.717) is 6.04 Å². The lowest BCUT2D eigenvalue weighted by Crippen LogP contribution is -2.29. The molecule has 2 N–H and O–H groups in total. The second kappa shape index (κ2) is 8.83. The van der Waals surface area contributed by atoms with Crippen molar-refractivity contribution in [2.24, 2.45) is 5.92 Å². The van der Waals surface area contributed by atoms with Crippen LogP contribution in [0.25, 0.3) is 0 Å². The molecule has 1 rings (SSSR count). The third-order valence-corrected chi connectivity index (χ3v) is 3.66. The molecule has 0 aromatic heterocycles. The second-order valence-corrected chi connectivity index (χ2v) is 6.42. The lowest BCUT2D eigenvalue weighted by molar-refractivity contribution is -0.114. The summed E-state index contributed by atoms with van der Waals surface area (Å²) in [5, 5.41) is 6.47. The van der Waals surface area contributed by atoms with Crippen molar-refractivity contribution in [3.63, 3.8) is 0 Å². The number of carbonyl (C=O) groups excluding carboxylic acids is 1. The zero-order valence-corrected chi connectivity index (χ0v) is 14.1. The molecule has 0 radical (unpaired) electrons. The van der Waals surface area contributed by atoms with Gasteiger partial charge in [0.2, 0.25) is 5.91 Å². The third-order valence-electron chi connectivity index (χ3n) is 3.66. The molecular formula is C18H30N2O. The van der Waals surface area contributed by atoms with Crippen LogP contribution in [0.2, 0.25) is 0 Å². The van der Waals surface area contributed by atoms with E-state index in [2.05, 4.69) is 44.4 Å². The van der Waals surface area contributed by atoms with Gasteiger partial charge >= 0.3 is 0 Å². The Morgan fingerprint density at radius 1 is 1.14 bits per heavy atom. The molecule has 3 nitrogen and oxygen atoms in total. The summed E-state index contributed by atoms with van der Waals surface area (Å²) < 4.78 is 0. The lowest BCUT2D eigenvalue weighted by atomic mass is 10.0. The molecule has 3 heteroatoms. The van der Waals surface area contributed by atoms with E-state index in [1.165, 1.54) is 31.7 Å². The van der Waals surface area contributed by atoms with Crippen molar-refractivity contribution in [3.05, 3.63) is 29.8 Å². The highest BCUT2D eigenvalue weighted by Crippen LogP contribution is 2.19. The maximum Gasteiger partial charge on any atom is 0.221 e. The molecule has 21 heavy (non-hydrogen) atoms. The summed E-state index contributed by atoms with van der Waals surface area (Å²) >= 11 is 0. The SMILES string of the molecule is CC(=O)Nc1cccc(C(C)NC(C)CCCC(C)C)c1. The molecule has 1 aromatic carbocycles. The minimum absolute atomic E-state index is 0.0326. The Kier molecular flexibility index (Phi) is 7.44. The van der Waals surface area contributed by atoms with Crippen LogP contribution in [-0.2, 0) is 4.79 Å². The van der Waals surface area contributed by atoms with Crippen LogP contribution in [0, 0.1) is 5.92 Å². The van der Waals surface area contributed by atoms with Crippen LogP contribution >= 0.6 is 0 Å². The van der Waals surface area contributed by atoms with Crippen LogP contribution < -0.4 is 10.6 Å². The Bertz CT molecular complexity index is 443. The number of nitrogens with one attached hydrogen (secondary N) is 2. The molecule has 0 fully saturated rings. The van der Waals surface area contributed by atoms with E-state index in [1.807, 2.05) is 18.2 Å². The fourth-order valence-electron chi connectivity index (χ4n) is 2.53. The van der Waals surface area contributed by atoms with Crippen molar-refractivity contribution in [2.75, 3.05) is 5.32 Å². The molecule has 0 aliphatic heterocycles. The Morgan fingerprint density at radius 2 is 1.86 bits per heavy atom. The van der Waals surface area contributed by atoms with Gasteiger partial charge in [-0.3, -0.25) is 4.79 Å². The van der Waals surface area contributed by atoms with Crippen molar-refractivity contribution in [2.45, 2.75) is 66.0 Å². The molecule has 0 aliphatic rings. The van der Waals surface area contributed by atoms with Crippen LogP contribution in [0.5, 0.6) is 0 Å². The van der Waals surface area contributed by atoms with E-state index in [-0.39, 0.29) is 11.9 Å². The van der Waals surface area contributed by atoms with Crippen molar-refractivity contribution in [1.82, 2.24) is 5.32 Å². The summed E-state index contributed by atoms with van der Waals surface area (Å²) in [7, 11) is 0. The maximum absolute atomic E-state index is 11.1. The van der Waals surface area contributed by atoms with E-state index in [4.69, 9.17) is 0 Å². The van der Waals surface area contributed by atoms with Gasteiger partial charge < -0.3 is 10.6 Å². The molecular weight excluding hydrogens is 260 g/mol. The number of hydrogen-bond donors (Lipinski definition) is 2. The number of carbonyl (C=O) groups is 1. The van der Waals surface area contributed by atoms with Crippen molar-refractivity contribution < 1.29 is 4.79 Å². The van der Waals surface area contributed by atoms with Crippen LogP contribution in [-0.4, -0.2) is 11.9 Å². The average Bonchev–Trinajstić information content (AvgIpc) is 2.37. The number of benzene rings is 1. The molecule has 0 heterocycles. The predicted octanol–water partition coefficient (Wildman–Crippen LogP) is 4.51. The number of amides is 1. The largest absolute Gasteiger partial charge is 0.326 e. The van der Waals surface area contributed by atoms with Crippen LogP contribution in [0.1, 0.15) is 65.5 Å². The first-order valence-electron chi connectivity index (χ1n) is 8.02. The fourth-order valence-corrected chi connectivity index (χ4v) is 2.53. The van der Waals surface area contributed by atoms with Gasteiger partial charge in [-0.2, -0.15) is 0 Å². The minimum Gasteiger partial charge on any atom is -0.326 e. The normalized spacial score (nSPS) is 14.0. The zero-order chi connectivity index (χ0) is 15.8. The van der Waals surface area contributed by atoms with Gasteiger partial charge in [-0.25, -0.2) is 0 Å². The van der Waals surface area contributed by atoms with Gasteiger partial charge in [0, 0.05) is 24.7 Å². The smallest absolute Gasteiger partial charge is 0.221 e. The van der Waals surface area contributed by atoms with Gasteiger partial charge in [0.1, 0.15) is 0 Å². The van der Waals surface area contributed by atoms with E-state index >= 15 is 0 Å². The molecule has 1 aromatic rings. The summed E-state index contributed by atoms with van der Waals surface area (Å²) in [6.45, 7) is 10.5. The molecule has 2 unspecified atom stereocenters. The molecule has 0 bridgehead atoms. The first-order valence-corrected chi connectivity index (χ1v) is 8.02. The van der Waals surface area contributed by atoms with Crippen LogP contribution in [0.15, 0.2) is 24.3 Å². The van der Waals surface area contributed by atoms with Crippen molar-refractivity contribution >= 4 is 11.6 Å². The van der Waals surface area contributed by atoms with Gasteiger partial charge in [-0.1, -0.05) is 38.8 Å². The summed E-state index contributed by atoms with van der Waals surface area (Å²) in [5.41, 5.74) is 2.07. The van der Waals surface area contributed by atoms with E-state index in [0.717, 1.165) is 11.6 Å². The van der Waals surface area contributed by atoms with E-state index in [9.17, 15) is 4.79 Å². The summed E-state index contributed by atoms with van der Waals surface area (Å²) in [6.07, 6.45) is 3.76. The van der Waals surface area contributed by atoms with Gasteiger partial charge in [-0.05, 0) is 43.9 Å². The van der Waals surface area contributed by atoms with Gasteiger partial charge in [0.05, 0.1) is 0 Å². The zero-order valence-electron chi connectivity index (χ0n) is 14.1. The van der Waals surface area contributed by atoms with Crippen molar-refractivity contribution in [1.29, 1.82) is 0 Å². The third kappa shape index (κ3) is 7.28. The molecule has 0 saturated carbocycles. The standard InChI is InChI=1S/C18H30N2O/c1-13(2)8-6-9-14(3)19-15(4)17-10-7-11-18(12-17)20-16(5)21/h7,10-15,19H,6,8-9H2,1-5H3,(H,20,21). The predicted molar refractivity (Wildman–Crippen MR) is 90.4 cm³/mol. The minimum atomic E-state index is -0.0326. The molecule has 1 amide bonds. The Hall–Kier alpha value is -1.35. The molecule has 0 saturated heterocycles. The highest BCUT2D eigenvalue weighted by atomic mass is 16.1. The lowest BCUT2D eigenvalue weighted by Gasteiger charge is -2.21. The molecule has 0 spiro atoms. The Balaban J connectivity index is 2.50. The highest BCUT2D eigenvalue weighted by Gasteiger charge is 2.10. The Morgan fingerprint density at radius 3 is 2.48 bits per heavy atom. The van der Waals surface area contributed by atoms with E-state index < -0.39 is 0 Å². The highest BCUT2D eigenvalue weighted by molar-refractivity contribution is 5.88. The second-order valence-electron chi connectivity index (χ2n) is 6.42.